The molecule has 0 spiro atoms. The van der Waals surface area contributed by atoms with E-state index in [2.05, 4.69) is 31.4 Å². The lowest BCUT2D eigenvalue weighted by molar-refractivity contribution is 0.0463. The minimum absolute atomic E-state index is 0.262. The Morgan fingerprint density at radius 3 is 2.35 bits per heavy atom. The summed E-state index contributed by atoms with van der Waals surface area (Å²) in [4.78, 5) is 11.6. The highest BCUT2D eigenvalue weighted by atomic mass is 16.6. The van der Waals surface area contributed by atoms with E-state index in [1.165, 1.54) is 12.8 Å². The van der Waals surface area contributed by atoms with Crippen molar-refractivity contribution < 1.29 is 9.53 Å². The van der Waals surface area contributed by atoms with E-state index in [0.29, 0.717) is 12.1 Å². The van der Waals surface area contributed by atoms with Gasteiger partial charge in [-0.05, 0) is 52.9 Å². The fourth-order valence-corrected chi connectivity index (χ4v) is 2.59. The maximum atomic E-state index is 11.6. The molecule has 4 heteroatoms. The van der Waals surface area contributed by atoms with Crippen LogP contribution in [0, 0.1) is 5.92 Å². The second-order valence-corrected chi connectivity index (χ2v) is 7.33. The molecule has 1 aliphatic rings. The van der Waals surface area contributed by atoms with E-state index in [9.17, 15) is 4.79 Å². The Bertz CT molecular complexity index is 306. The number of amides is 1. The van der Waals surface area contributed by atoms with Crippen LogP contribution in [-0.2, 0) is 4.74 Å². The molecule has 0 radical (unpaired) electrons. The van der Waals surface area contributed by atoms with Gasteiger partial charge >= 0.3 is 6.09 Å². The van der Waals surface area contributed by atoms with E-state index >= 15 is 0 Å². The van der Waals surface area contributed by atoms with E-state index in [-0.39, 0.29) is 12.1 Å². The van der Waals surface area contributed by atoms with Gasteiger partial charge in [0.2, 0.25) is 0 Å². The van der Waals surface area contributed by atoms with Gasteiger partial charge in [-0.15, -0.1) is 0 Å². The van der Waals surface area contributed by atoms with Crippen LogP contribution in [0.4, 0.5) is 4.79 Å². The van der Waals surface area contributed by atoms with Crippen LogP contribution in [0.5, 0.6) is 0 Å². The van der Waals surface area contributed by atoms with Crippen LogP contribution in [0.15, 0.2) is 0 Å². The molecule has 0 heterocycles. The van der Waals surface area contributed by atoms with Gasteiger partial charge < -0.3 is 15.4 Å². The number of carbonyl (C=O) groups excluding carboxylic acids is 1. The molecule has 1 aliphatic carbocycles. The third-order valence-corrected chi connectivity index (χ3v) is 3.83. The molecule has 0 aromatic heterocycles. The van der Waals surface area contributed by atoms with Crippen molar-refractivity contribution >= 4 is 6.09 Å². The Labute approximate surface area is 124 Å². The molecular weight excluding hydrogens is 252 g/mol. The summed E-state index contributed by atoms with van der Waals surface area (Å²) in [5.41, 5.74) is -0.420. The van der Waals surface area contributed by atoms with Gasteiger partial charge in [0.25, 0.3) is 0 Å². The third-order valence-electron chi connectivity index (χ3n) is 3.83. The Kier molecular flexibility index (Phi) is 6.31. The summed E-state index contributed by atoms with van der Waals surface area (Å²) in [5.74, 6) is 0.772. The second-order valence-electron chi connectivity index (χ2n) is 7.33. The molecule has 2 atom stereocenters. The van der Waals surface area contributed by atoms with Crippen LogP contribution in [0.2, 0.25) is 0 Å². The second kappa shape index (κ2) is 7.30. The zero-order valence-corrected chi connectivity index (χ0v) is 14.0. The lowest BCUT2D eigenvalue weighted by Gasteiger charge is -2.38. The van der Waals surface area contributed by atoms with Crippen molar-refractivity contribution in [1.82, 2.24) is 10.6 Å². The lowest BCUT2D eigenvalue weighted by atomic mass is 9.85. The molecule has 1 amide bonds. The Balaban J connectivity index is 2.15. The molecule has 20 heavy (non-hydrogen) atoms. The maximum Gasteiger partial charge on any atom is 0.407 e. The fourth-order valence-electron chi connectivity index (χ4n) is 2.59. The molecule has 0 aromatic carbocycles. The van der Waals surface area contributed by atoms with Crippen LogP contribution in [0.1, 0.15) is 67.2 Å². The minimum Gasteiger partial charge on any atom is -0.444 e. The summed E-state index contributed by atoms with van der Waals surface area (Å²) >= 11 is 0. The molecule has 1 saturated carbocycles. The van der Waals surface area contributed by atoms with E-state index in [4.69, 9.17) is 4.74 Å². The smallest absolute Gasteiger partial charge is 0.407 e. The van der Waals surface area contributed by atoms with Crippen LogP contribution in [0.3, 0.4) is 0 Å². The van der Waals surface area contributed by atoms with Crippen molar-refractivity contribution in [3.05, 3.63) is 0 Å². The fraction of sp³-hybridized carbons (Fsp3) is 0.938. The monoisotopic (exact) mass is 284 g/mol. The van der Waals surface area contributed by atoms with Crippen molar-refractivity contribution in [2.45, 2.75) is 91.0 Å². The van der Waals surface area contributed by atoms with Crippen molar-refractivity contribution in [3.63, 3.8) is 0 Å². The van der Waals surface area contributed by atoms with Gasteiger partial charge in [-0.2, -0.15) is 0 Å². The van der Waals surface area contributed by atoms with E-state index < -0.39 is 5.60 Å². The van der Waals surface area contributed by atoms with Crippen LogP contribution in [-0.4, -0.2) is 29.8 Å². The molecule has 1 rings (SSSR count). The summed E-state index contributed by atoms with van der Waals surface area (Å²) in [6, 6.07) is 1.35. The molecule has 118 valence electrons. The Hall–Kier alpha value is -0.770. The Morgan fingerprint density at radius 1 is 1.25 bits per heavy atom. The summed E-state index contributed by atoms with van der Waals surface area (Å²) in [5, 5.41) is 6.57. The van der Waals surface area contributed by atoms with Gasteiger partial charge in [0.15, 0.2) is 0 Å². The summed E-state index contributed by atoms with van der Waals surface area (Å²) in [7, 11) is 0. The number of ether oxygens (including phenoxy) is 1. The molecule has 0 aromatic rings. The maximum absolute atomic E-state index is 11.6. The standard InChI is InChI=1S/C16H32N2O2/c1-7-11(2)8-12(3)17-13-9-14(10-13)18-15(19)20-16(4,5)6/h11-14,17H,7-10H2,1-6H3,(H,18,19). The SMILES string of the molecule is CCC(C)CC(C)NC1CC(NC(=O)OC(C)(C)C)C1. The highest BCUT2D eigenvalue weighted by molar-refractivity contribution is 5.68. The van der Waals surface area contributed by atoms with Crippen molar-refractivity contribution in [2.24, 2.45) is 5.92 Å². The first-order valence-corrected chi connectivity index (χ1v) is 7.95. The zero-order valence-electron chi connectivity index (χ0n) is 14.0. The van der Waals surface area contributed by atoms with Gasteiger partial charge in [-0.3, -0.25) is 0 Å². The highest BCUT2D eigenvalue weighted by Crippen LogP contribution is 2.22. The number of nitrogens with one attached hydrogen (secondary N) is 2. The molecular formula is C16H32N2O2. The summed E-state index contributed by atoms with van der Waals surface area (Å²) in [6.45, 7) is 12.4. The van der Waals surface area contributed by atoms with Crippen LogP contribution < -0.4 is 10.6 Å². The number of alkyl carbamates (subject to hydrolysis) is 1. The molecule has 0 aliphatic heterocycles. The van der Waals surface area contributed by atoms with Crippen molar-refractivity contribution in [1.29, 1.82) is 0 Å². The minimum atomic E-state index is -0.420. The average molecular weight is 284 g/mol. The molecule has 0 bridgehead atoms. The lowest BCUT2D eigenvalue weighted by Crippen LogP contribution is -2.55. The van der Waals surface area contributed by atoms with Gasteiger partial charge in [-0.25, -0.2) is 4.79 Å². The topological polar surface area (TPSA) is 50.4 Å². The molecule has 2 N–H and O–H groups in total. The number of hydrogen-bond donors (Lipinski definition) is 2. The average Bonchev–Trinajstić information content (AvgIpc) is 2.23. The Morgan fingerprint density at radius 2 is 1.85 bits per heavy atom. The number of hydrogen-bond acceptors (Lipinski definition) is 3. The molecule has 4 nitrogen and oxygen atoms in total. The van der Waals surface area contributed by atoms with Crippen molar-refractivity contribution in [2.75, 3.05) is 0 Å². The predicted molar refractivity (Wildman–Crippen MR) is 82.8 cm³/mol. The predicted octanol–water partition coefficient (Wildman–Crippen LogP) is 3.46. The number of carbonyl (C=O) groups is 1. The summed E-state index contributed by atoms with van der Waals surface area (Å²) in [6.07, 6.45) is 4.17. The van der Waals surface area contributed by atoms with Gasteiger partial charge in [0.1, 0.15) is 5.60 Å². The van der Waals surface area contributed by atoms with Crippen LogP contribution in [0.25, 0.3) is 0 Å². The normalized spacial score (nSPS) is 25.5. The van der Waals surface area contributed by atoms with E-state index in [1.54, 1.807) is 0 Å². The van der Waals surface area contributed by atoms with E-state index in [1.807, 2.05) is 20.8 Å². The quantitative estimate of drug-likeness (QED) is 0.785. The number of rotatable bonds is 6. The van der Waals surface area contributed by atoms with Crippen LogP contribution >= 0.6 is 0 Å². The molecule has 2 unspecified atom stereocenters. The van der Waals surface area contributed by atoms with Gasteiger partial charge in [0.05, 0.1) is 0 Å². The first-order chi connectivity index (χ1) is 9.19. The summed E-state index contributed by atoms with van der Waals surface area (Å²) < 4.78 is 5.26. The first kappa shape index (κ1) is 17.3. The first-order valence-electron chi connectivity index (χ1n) is 7.95. The third kappa shape index (κ3) is 6.60. The van der Waals surface area contributed by atoms with Crippen molar-refractivity contribution in [3.8, 4) is 0 Å². The molecule has 0 saturated heterocycles. The largest absolute Gasteiger partial charge is 0.444 e. The van der Waals surface area contributed by atoms with Gasteiger partial charge in [-0.1, -0.05) is 20.3 Å². The highest BCUT2D eigenvalue weighted by Gasteiger charge is 2.32. The zero-order chi connectivity index (χ0) is 15.3. The van der Waals surface area contributed by atoms with Gasteiger partial charge in [0, 0.05) is 18.1 Å². The van der Waals surface area contributed by atoms with E-state index in [0.717, 1.165) is 18.8 Å². The molecule has 1 fully saturated rings.